The van der Waals surface area contributed by atoms with E-state index in [1.807, 2.05) is 31.2 Å². The molecule has 1 aliphatic rings. The van der Waals surface area contributed by atoms with Crippen molar-refractivity contribution in [3.05, 3.63) is 65.5 Å². The van der Waals surface area contributed by atoms with Crippen molar-refractivity contribution < 1.29 is 18.7 Å². The summed E-state index contributed by atoms with van der Waals surface area (Å²) in [5.74, 6) is -1.81. The number of hydrogen-bond donors (Lipinski definition) is 0. The van der Waals surface area contributed by atoms with Crippen molar-refractivity contribution in [2.24, 2.45) is 0 Å². The van der Waals surface area contributed by atoms with E-state index in [0.717, 1.165) is 17.7 Å². The Morgan fingerprint density at radius 2 is 1.83 bits per heavy atom. The highest BCUT2D eigenvalue weighted by Crippen LogP contribution is 2.32. The monoisotopic (exact) mass is 327 g/mol. The number of ether oxygens (including phenoxy) is 1. The molecule has 124 valence electrons. The molecule has 0 aromatic heterocycles. The average Bonchev–Trinajstić information content (AvgIpc) is 2.90. The van der Waals surface area contributed by atoms with Crippen LogP contribution in [0, 0.1) is 5.82 Å². The number of halogens is 1. The van der Waals surface area contributed by atoms with E-state index in [1.165, 1.54) is 25.1 Å². The summed E-state index contributed by atoms with van der Waals surface area (Å²) < 4.78 is 18.8. The van der Waals surface area contributed by atoms with E-state index < -0.39 is 17.9 Å². The van der Waals surface area contributed by atoms with Crippen LogP contribution in [0.15, 0.2) is 48.5 Å². The van der Waals surface area contributed by atoms with E-state index in [9.17, 15) is 14.0 Å². The molecule has 1 aliphatic heterocycles. The summed E-state index contributed by atoms with van der Waals surface area (Å²) in [5, 5.41) is 0. The van der Waals surface area contributed by atoms with Gasteiger partial charge in [-0.15, -0.1) is 0 Å². The standard InChI is InChI=1S/C19H18FNO3/c1-12-11-14-7-3-6-10-17(14)21(12)18(22)13(2)24-19(23)15-8-4-5-9-16(15)20/h3-10,12-13H,11H2,1-2H3/t12-,13-/m1/s1. The van der Waals surface area contributed by atoms with Crippen LogP contribution in [0.5, 0.6) is 0 Å². The van der Waals surface area contributed by atoms with Crippen LogP contribution in [-0.4, -0.2) is 24.0 Å². The van der Waals surface area contributed by atoms with Crippen LogP contribution >= 0.6 is 0 Å². The molecule has 0 radical (unpaired) electrons. The number of esters is 1. The molecule has 2 aromatic carbocycles. The van der Waals surface area contributed by atoms with Gasteiger partial charge in [-0.25, -0.2) is 9.18 Å². The van der Waals surface area contributed by atoms with Crippen LogP contribution in [0.25, 0.3) is 0 Å². The highest BCUT2D eigenvalue weighted by molar-refractivity contribution is 6.00. The third-order valence-corrected chi connectivity index (χ3v) is 4.17. The van der Waals surface area contributed by atoms with Crippen LogP contribution in [0.4, 0.5) is 10.1 Å². The lowest BCUT2D eigenvalue weighted by Gasteiger charge is -2.26. The Labute approximate surface area is 139 Å². The minimum atomic E-state index is -0.995. The van der Waals surface area contributed by atoms with Gasteiger partial charge in [0.1, 0.15) is 5.82 Å². The van der Waals surface area contributed by atoms with Crippen molar-refractivity contribution in [2.75, 3.05) is 4.90 Å². The second-order valence-electron chi connectivity index (χ2n) is 5.92. The molecule has 4 nitrogen and oxygen atoms in total. The summed E-state index contributed by atoms with van der Waals surface area (Å²) >= 11 is 0. The number of fused-ring (bicyclic) bond motifs is 1. The molecule has 5 heteroatoms. The first kappa shape index (κ1) is 16.2. The molecule has 1 amide bonds. The number of anilines is 1. The van der Waals surface area contributed by atoms with Gasteiger partial charge in [-0.05, 0) is 44.0 Å². The molecule has 0 fully saturated rings. The molecule has 0 bridgehead atoms. The highest BCUT2D eigenvalue weighted by atomic mass is 19.1. The Balaban J connectivity index is 1.76. The molecule has 24 heavy (non-hydrogen) atoms. The van der Waals surface area contributed by atoms with Crippen LogP contribution in [0.3, 0.4) is 0 Å². The number of nitrogens with zero attached hydrogens (tertiary/aromatic N) is 1. The van der Waals surface area contributed by atoms with Crippen molar-refractivity contribution in [3.63, 3.8) is 0 Å². The van der Waals surface area contributed by atoms with Gasteiger partial charge in [0, 0.05) is 11.7 Å². The number of benzene rings is 2. The van der Waals surface area contributed by atoms with Crippen molar-refractivity contribution >= 4 is 17.6 Å². The predicted molar refractivity (Wildman–Crippen MR) is 88.4 cm³/mol. The van der Waals surface area contributed by atoms with Crippen molar-refractivity contribution in [2.45, 2.75) is 32.4 Å². The van der Waals surface area contributed by atoms with Crippen LogP contribution in [0.2, 0.25) is 0 Å². The van der Waals surface area contributed by atoms with E-state index in [-0.39, 0.29) is 17.5 Å². The summed E-state index contributed by atoms with van der Waals surface area (Å²) in [5.41, 5.74) is 1.75. The summed E-state index contributed by atoms with van der Waals surface area (Å²) in [6.07, 6.45) is -0.235. The zero-order valence-corrected chi connectivity index (χ0v) is 13.5. The molecule has 0 spiro atoms. The van der Waals surface area contributed by atoms with Gasteiger partial charge in [0.15, 0.2) is 6.10 Å². The van der Waals surface area contributed by atoms with Crippen molar-refractivity contribution in [1.82, 2.24) is 0 Å². The van der Waals surface area contributed by atoms with Crippen molar-refractivity contribution in [1.29, 1.82) is 0 Å². The Morgan fingerprint density at radius 1 is 1.17 bits per heavy atom. The highest BCUT2D eigenvalue weighted by Gasteiger charge is 2.34. The molecule has 1 heterocycles. The third kappa shape index (κ3) is 2.89. The molecular weight excluding hydrogens is 309 g/mol. The van der Waals surface area contributed by atoms with Crippen LogP contribution in [-0.2, 0) is 16.0 Å². The number of carbonyl (C=O) groups is 2. The van der Waals surface area contributed by atoms with Gasteiger partial charge in [0.25, 0.3) is 5.91 Å². The molecule has 0 saturated carbocycles. The Bertz CT molecular complexity index is 790. The van der Waals surface area contributed by atoms with E-state index >= 15 is 0 Å². The summed E-state index contributed by atoms with van der Waals surface area (Å²) in [6, 6.07) is 13.2. The number of rotatable bonds is 3. The Kier molecular flexibility index (Phi) is 4.34. The largest absolute Gasteiger partial charge is 0.449 e. The number of amides is 1. The van der Waals surface area contributed by atoms with E-state index in [0.29, 0.717) is 0 Å². The SMILES string of the molecule is C[C@@H]1Cc2ccccc2N1C(=O)[C@@H](C)OC(=O)c1ccccc1F. The first-order valence-corrected chi connectivity index (χ1v) is 7.85. The maximum atomic E-state index is 13.7. The number of carbonyl (C=O) groups excluding carboxylic acids is 2. The van der Waals surface area contributed by atoms with Crippen LogP contribution in [0.1, 0.15) is 29.8 Å². The lowest BCUT2D eigenvalue weighted by molar-refractivity contribution is -0.126. The summed E-state index contributed by atoms with van der Waals surface area (Å²) in [6.45, 7) is 3.46. The summed E-state index contributed by atoms with van der Waals surface area (Å²) in [4.78, 5) is 26.5. The number of hydrogen-bond acceptors (Lipinski definition) is 3. The van der Waals surface area contributed by atoms with E-state index in [2.05, 4.69) is 0 Å². The second-order valence-corrected chi connectivity index (χ2v) is 5.92. The lowest BCUT2D eigenvalue weighted by Crippen LogP contribution is -2.43. The average molecular weight is 327 g/mol. The second kappa shape index (κ2) is 6.43. The molecule has 3 rings (SSSR count). The first-order valence-electron chi connectivity index (χ1n) is 7.85. The van der Waals surface area contributed by atoms with Gasteiger partial charge in [-0.1, -0.05) is 30.3 Å². The van der Waals surface area contributed by atoms with E-state index in [1.54, 1.807) is 11.0 Å². The molecule has 0 unspecified atom stereocenters. The van der Waals surface area contributed by atoms with Crippen LogP contribution < -0.4 is 4.90 Å². The zero-order valence-electron chi connectivity index (χ0n) is 13.5. The van der Waals surface area contributed by atoms with Gasteiger partial charge >= 0.3 is 5.97 Å². The molecule has 2 atom stereocenters. The summed E-state index contributed by atoms with van der Waals surface area (Å²) in [7, 11) is 0. The Morgan fingerprint density at radius 3 is 2.58 bits per heavy atom. The predicted octanol–water partition coefficient (Wildman–Crippen LogP) is 3.35. The lowest BCUT2D eigenvalue weighted by atomic mass is 10.1. The number of para-hydroxylation sites is 1. The quantitative estimate of drug-likeness (QED) is 0.812. The van der Waals surface area contributed by atoms with Gasteiger partial charge in [-0.3, -0.25) is 4.79 Å². The fraction of sp³-hybridized carbons (Fsp3) is 0.263. The molecular formula is C19H18FNO3. The minimum absolute atomic E-state index is 0.00971. The Hall–Kier alpha value is -2.69. The fourth-order valence-electron chi connectivity index (χ4n) is 3.00. The molecule has 2 aromatic rings. The topological polar surface area (TPSA) is 46.6 Å². The third-order valence-electron chi connectivity index (χ3n) is 4.17. The van der Waals surface area contributed by atoms with E-state index in [4.69, 9.17) is 4.74 Å². The molecule has 0 aliphatic carbocycles. The molecule has 0 saturated heterocycles. The maximum Gasteiger partial charge on any atom is 0.341 e. The van der Waals surface area contributed by atoms with Gasteiger partial charge in [-0.2, -0.15) is 0 Å². The normalized spacial score (nSPS) is 17.3. The first-order chi connectivity index (χ1) is 11.5. The minimum Gasteiger partial charge on any atom is -0.449 e. The smallest absolute Gasteiger partial charge is 0.341 e. The van der Waals surface area contributed by atoms with Gasteiger partial charge < -0.3 is 9.64 Å². The maximum absolute atomic E-state index is 13.7. The van der Waals surface area contributed by atoms with Crippen molar-refractivity contribution in [3.8, 4) is 0 Å². The van der Waals surface area contributed by atoms with Gasteiger partial charge in [0.2, 0.25) is 0 Å². The molecule has 0 N–H and O–H groups in total. The zero-order chi connectivity index (χ0) is 17.3. The fourth-order valence-corrected chi connectivity index (χ4v) is 3.00. The van der Waals surface area contributed by atoms with Gasteiger partial charge in [0.05, 0.1) is 5.56 Å².